The van der Waals surface area contributed by atoms with Crippen LogP contribution in [0.15, 0.2) is 12.1 Å². The van der Waals surface area contributed by atoms with Gasteiger partial charge in [-0.2, -0.15) is 0 Å². The Morgan fingerprint density at radius 3 is 2.61 bits per heavy atom. The molecule has 0 saturated heterocycles. The number of ether oxygens (including phenoxy) is 1. The number of hydrogen-bond donors (Lipinski definition) is 2. The molecule has 1 unspecified atom stereocenters. The fourth-order valence-corrected chi connectivity index (χ4v) is 2.27. The first-order chi connectivity index (χ1) is 8.65. The molecule has 18 heavy (non-hydrogen) atoms. The van der Waals surface area contributed by atoms with Crippen molar-refractivity contribution in [3.63, 3.8) is 0 Å². The summed E-state index contributed by atoms with van der Waals surface area (Å²) in [5, 5.41) is 13.0. The first-order valence-corrected chi connectivity index (χ1v) is 6.76. The van der Waals surface area contributed by atoms with Gasteiger partial charge in [0, 0.05) is 6.04 Å². The zero-order chi connectivity index (χ0) is 13.1. The summed E-state index contributed by atoms with van der Waals surface area (Å²) >= 11 is 0. The first kappa shape index (κ1) is 13.4. The Kier molecular flexibility index (Phi) is 4.25. The maximum atomic E-state index is 9.55. The molecule has 0 spiro atoms. The molecule has 0 amide bonds. The van der Waals surface area contributed by atoms with E-state index < -0.39 is 0 Å². The Morgan fingerprint density at radius 2 is 2.06 bits per heavy atom. The second-order valence-corrected chi connectivity index (χ2v) is 5.08. The lowest BCUT2D eigenvalue weighted by Gasteiger charge is -2.20. The van der Waals surface area contributed by atoms with Crippen molar-refractivity contribution in [1.82, 2.24) is 5.32 Å². The van der Waals surface area contributed by atoms with Crippen LogP contribution in [0.3, 0.4) is 0 Å². The van der Waals surface area contributed by atoms with Crippen molar-refractivity contribution >= 4 is 0 Å². The lowest BCUT2D eigenvalue weighted by Crippen LogP contribution is -2.27. The minimum atomic E-state index is 0.0480. The summed E-state index contributed by atoms with van der Waals surface area (Å²) in [6.45, 7) is 6.95. The third-order valence-corrected chi connectivity index (χ3v) is 3.44. The van der Waals surface area contributed by atoms with E-state index in [0.29, 0.717) is 12.6 Å². The van der Waals surface area contributed by atoms with Crippen LogP contribution in [0.25, 0.3) is 0 Å². The average molecular weight is 249 g/mol. The molecule has 1 aromatic carbocycles. The normalized spacial score (nSPS) is 16.7. The third-order valence-electron chi connectivity index (χ3n) is 3.44. The predicted octanol–water partition coefficient (Wildman–Crippen LogP) is 2.49. The first-order valence-electron chi connectivity index (χ1n) is 6.76. The monoisotopic (exact) mass is 249 g/mol. The average Bonchev–Trinajstić information content (AvgIpc) is 3.15. The van der Waals surface area contributed by atoms with E-state index in [0.717, 1.165) is 11.3 Å². The van der Waals surface area contributed by atoms with E-state index in [4.69, 9.17) is 4.74 Å². The molecule has 0 radical (unpaired) electrons. The van der Waals surface area contributed by atoms with Gasteiger partial charge in [-0.1, -0.05) is 6.07 Å². The van der Waals surface area contributed by atoms with Gasteiger partial charge in [-0.15, -0.1) is 0 Å². The fraction of sp³-hybridized carbons (Fsp3) is 0.600. The van der Waals surface area contributed by atoms with E-state index in [-0.39, 0.29) is 12.6 Å². The Labute approximate surface area is 109 Å². The van der Waals surface area contributed by atoms with Crippen LogP contribution in [0.4, 0.5) is 0 Å². The lowest BCUT2D eigenvalue weighted by molar-refractivity contribution is 0.242. The van der Waals surface area contributed by atoms with Crippen LogP contribution in [-0.2, 0) is 0 Å². The molecule has 0 bridgehead atoms. The Balaban J connectivity index is 2.22. The fourth-order valence-electron chi connectivity index (χ4n) is 2.27. The van der Waals surface area contributed by atoms with Gasteiger partial charge in [-0.05, 0) is 56.4 Å². The number of rotatable bonds is 6. The van der Waals surface area contributed by atoms with Crippen molar-refractivity contribution in [2.75, 3.05) is 13.2 Å². The van der Waals surface area contributed by atoms with Gasteiger partial charge in [0.05, 0.1) is 19.3 Å². The van der Waals surface area contributed by atoms with Crippen LogP contribution in [-0.4, -0.2) is 24.4 Å². The minimum absolute atomic E-state index is 0.0480. The number of benzene rings is 1. The predicted molar refractivity (Wildman–Crippen MR) is 73.1 cm³/mol. The number of hydrogen-bond acceptors (Lipinski definition) is 3. The van der Waals surface area contributed by atoms with Gasteiger partial charge in [-0.25, -0.2) is 0 Å². The quantitative estimate of drug-likeness (QED) is 0.814. The second kappa shape index (κ2) is 5.72. The van der Waals surface area contributed by atoms with E-state index in [1.807, 2.05) is 6.92 Å². The summed E-state index contributed by atoms with van der Waals surface area (Å²) in [6, 6.07) is 4.85. The van der Waals surface area contributed by atoms with Gasteiger partial charge in [-0.3, -0.25) is 0 Å². The smallest absolute Gasteiger partial charge is 0.122 e. The lowest BCUT2D eigenvalue weighted by atomic mass is 9.98. The maximum absolute atomic E-state index is 9.55. The SMILES string of the molecule is CCOc1cc(C)c(C(CO)NC2CC2)cc1C. The molecule has 0 heterocycles. The summed E-state index contributed by atoms with van der Waals surface area (Å²) in [7, 11) is 0. The molecule has 1 atom stereocenters. The highest BCUT2D eigenvalue weighted by Gasteiger charge is 2.26. The van der Waals surface area contributed by atoms with Gasteiger partial charge in [0.2, 0.25) is 0 Å². The van der Waals surface area contributed by atoms with E-state index in [9.17, 15) is 5.11 Å². The summed E-state index contributed by atoms with van der Waals surface area (Å²) in [5.74, 6) is 0.946. The molecule has 0 aliphatic heterocycles. The number of aliphatic hydroxyl groups is 1. The van der Waals surface area contributed by atoms with E-state index >= 15 is 0 Å². The van der Waals surface area contributed by atoms with Crippen molar-refractivity contribution in [3.8, 4) is 5.75 Å². The van der Waals surface area contributed by atoms with Gasteiger partial charge in [0.15, 0.2) is 0 Å². The highest BCUT2D eigenvalue weighted by molar-refractivity contribution is 5.43. The largest absolute Gasteiger partial charge is 0.494 e. The second-order valence-electron chi connectivity index (χ2n) is 5.08. The number of nitrogens with one attached hydrogen (secondary N) is 1. The van der Waals surface area contributed by atoms with Crippen molar-refractivity contribution in [2.24, 2.45) is 0 Å². The van der Waals surface area contributed by atoms with Crippen molar-refractivity contribution in [1.29, 1.82) is 0 Å². The van der Waals surface area contributed by atoms with E-state index in [2.05, 4.69) is 31.3 Å². The highest BCUT2D eigenvalue weighted by atomic mass is 16.5. The van der Waals surface area contributed by atoms with Gasteiger partial charge >= 0.3 is 0 Å². The summed E-state index contributed by atoms with van der Waals surface area (Å²) in [5.41, 5.74) is 3.50. The van der Waals surface area contributed by atoms with Gasteiger partial charge < -0.3 is 15.2 Å². The molecule has 1 aliphatic rings. The van der Waals surface area contributed by atoms with Crippen molar-refractivity contribution < 1.29 is 9.84 Å². The molecule has 3 heteroatoms. The van der Waals surface area contributed by atoms with Crippen LogP contribution >= 0.6 is 0 Å². The van der Waals surface area contributed by atoms with Crippen LogP contribution in [0.5, 0.6) is 5.75 Å². The number of aryl methyl sites for hydroxylation is 2. The summed E-state index contributed by atoms with van der Waals surface area (Å²) in [4.78, 5) is 0. The Morgan fingerprint density at radius 1 is 1.33 bits per heavy atom. The molecule has 1 fully saturated rings. The van der Waals surface area contributed by atoms with Crippen LogP contribution in [0.2, 0.25) is 0 Å². The summed E-state index contributed by atoms with van der Waals surface area (Å²) in [6.07, 6.45) is 2.46. The zero-order valence-corrected chi connectivity index (χ0v) is 11.5. The van der Waals surface area contributed by atoms with Crippen molar-refractivity contribution in [2.45, 2.75) is 45.7 Å². The molecule has 1 aromatic rings. The minimum Gasteiger partial charge on any atom is -0.494 e. The standard InChI is InChI=1S/C15H23NO2/c1-4-18-15-8-10(2)13(7-11(15)3)14(9-17)16-12-5-6-12/h7-8,12,14,16-17H,4-6,9H2,1-3H3. The molecule has 2 N–H and O–H groups in total. The van der Waals surface area contributed by atoms with E-state index in [1.54, 1.807) is 0 Å². The van der Waals surface area contributed by atoms with Crippen LogP contribution in [0.1, 0.15) is 42.5 Å². The summed E-state index contributed by atoms with van der Waals surface area (Å²) < 4.78 is 5.60. The van der Waals surface area contributed by atoms with Crippen LogP contribution in [0, 0.1) is 13.8 Å². The Bertz CT molecular complexity index is 413. The molecule has 1 aliphatic carbocycles. The van der Waals surface area contributed by atoms with Gasteiger partial charge in [0.1, 0.15) is 5.75 Å². The Hall–Kier alpha value is -1.06. The molecular weight excluding hydrogens is 226 g/mol. The topological polar surface area (TPSA) is 41.5 Å². The number of aliphatic hydroxyl groups excluding tert-OH is 1. The van der Waals surface area contributed by atoms with E-state index in [1.165, 1.54) is 24.0 Å². The van der Waals surface area contributed by atoms with Crippen molar-refractivity contribution in [3.05, 3.63) is 28.8 Å². The molecule has 0 aromatic heterocycles. The maximum Gasteiger partial charge on any atom is 0.122 e. The third kappa shape index (κ3) is 3.03. The zero-order valence-electron chi connectivity index (χ0n) is 11.5. The molecular formula is C15H23NO2. The highest BCUT2D eigenvalue weighted by Crippen LogP contribution is 2.29. The molecule has 1 saturated carbocycles. The molecule has 3 nitrogen and oxygen atoms in total. The molecule has 100 valence electrons. The van der Waals surface area contributed by atoms with Gasteiger partial charge in [0.25, 0.3) is 0 Å². The molecule has 2 rings (SSSR count). The van der Waals surface area contributed by atoms with Crippen LogP contribution < -0.4 is 10.1 Å².